The molecule has 4 aliphatic heterocycles. The number of esters is 1. The molecule has 76 heavy (non-hydrogen) atoms. The Morgan fingerprint density at radius 3 is 1.28 bits per heavy atom. The molecule has 0 aromatic heterocycles. The van der Waals surface area contributed by atoms with Crippen LogP contribution in [0.15, 0.2) is 58.7 Å². The van der Waals surface area contributed by atoms with E-state index in [2.05, 4.69) is 25.8 Å². The zero-order chi connectivity index (χ0) is 56.0. The molecule has 4 aromatic rings. The van der Waals surface area contributed by atoms with Crippen LogP contribution >= 0.6 is 0 Å². The number of carbonyl (C=O) groups excluding carboxylic acids is 5. The van der Waals surface area contributed by atoms with Crippen LogP contribution in [-0.2, 0) is 28.6 Å². The van der Waals surface area contributed by atoms with Crippen molar-refractivity contribution in [2.45, 2.75) is 60.3 Å². The van der Waals surface area contributed by atoms with Gasteiger partial charge in [0, 0.05) is 85.4 Å². The maximum absolute atomic E-state index is 14.4. The Hall–Kier alpha value is -7.21. The first-order valence-corrected chi connectivity index (χ1v) is 23.9. The molecule has 2 amide bonds. The van der Waals surface area contributed by atoms with E-state index >= 15 is 0 Å². The van der Waals surface area contributed by atoms with Crippen LogP contribution < -0.4 is 20.7 Å². The molecule has 0 saturated carbocycles. The van der Waals surface area contributed by atoms with Crippen molar-refractivity contribution in [1.82, 2.24) is 10.9 Å². The summed E-state index contributed by atoms with van der Waals surface area (Å²) >= 11 is 0. The number of nitrogens with one attached hydrogen (secondary N) is 2. The molecule has 4 aliphatic rings. The third kappa shape index (κ3) is 15.7. The average Bonchev–Trinajstić information content (AvgIpc) is 3.37. The number of nitrogens with zero attached hydrogens (tertiary/aromatic N) is 4. The van der Waals surface area contributed by atoms with E-state index in [1.165, 1.54) is 31.2 Å². The van der Waals surface area contributed by atoms with E-state index in [4.69, 9.17) is 9.47 Å². The number of anilines is 2. The van der Waals surface area contributed by atoms with Crippen LogP contribution in [0.4, 0.5) is 55.3 Å². The number of ketones is 2. The standard InChI is InChI=1S/2C15H17F2N3O2.C13H13F3O3.C9H7F3O/c2*1-9-6-13(21)18-19-14(9)10-7-11(16)15(12(17)8-10)20-2-4-22-5-3-20;1-3-19-11(17)4-7(2)13(18)8-5-9(14)12(16)10(15)6-8;1-2-8(13)5-3-6(10)9(12)7(11)4-5/h2*7-9H,2-6H2,1H3,(H,18,21);5-7H,3-4H2,1-2H3;3-4H,2H2,1H3. The third-order valence-electron chi connectivity index (χ3n) is 11.9. The van der Waals surface area contributed by atoms with Crippen LogP contribution in [0.3, 0.4) is 0 Å². The van der Waals surface area contributed by atoms with E-state index in [-0.39, 0.29) is 78.4 Å². The van der Waals surface area contributed by atoms with E-state index in [1.807, 2.05) is 13.8 Å². The Morgan fingerprint density at radius 1 is 0.592 bits per heavy atom. The van der Waals surface area contributed by atoms with Gasteiger partial charge in [0.15, 0.2) is 46.5 Å². The van der Waals surface area contributed by atoms with Gasteiger partial charge in [0.2, 0.25) is 11.8 Å². The lowest BCUT2D eigenvalue weighted by atomic mass is 9.93. The zero-order valence-corrected chi connectivity index (χ0v) is 41.9. The highest BCUT2D eigenvalue weighted by Crippen LogP contribution is 2.30. The van der Waals surface area contributed by atoms with E-state index in [0.29, 0.717) is 99.4 Å². The maximum atomic E-state index is 14.4. The minimum atomic E-state index is -1.63. The highest BCUT2D eigenvalue weighted by molar-refractivity contribution is 6.07. The maximum Gasteiger partial charge on any atom is 0.306 e. The minimum absolute atomic E-state index is 0.0276. The van der Waals surface area contributed by atoms with Crippen molar-refractivity contribution in [2.75, 3.05) is 69.0 Å². The van der Waals surface area contributed by atoms with Crippen LogP contribution in [0.2, 0.25) is 0 Å². The van der Waals surface area contributed by atoms with Gasteiger partial charge in [-0.25, -0.2) is 54.8 Å². The van der Waals surface area contributed by atoms with Crippen LogP contribution in [0.5, 0.6) is 0 Å². The van der Waals surface area contributed by atoms with Gasteiger partial charge in [-0.15, -0.1) is 0 Å². The van der Waals surface area contributed by atoms with Gasteiger partial charge in [-0.2, -0.15) is 10.2 Å². The fraction of sp³-hybridized carbons (Fsp3) is 0.404. The van der Waals surface area contributed by atoms with Crippen molar-refractivity contribution in [1.29, 1.82) is 0 Å². The summed E-state index contributed by atoms with van der Waals surface area (Å²) in [7, 11) is 0. The highest BCUT2D eigenvalue weighted by Gasteiger charge is 2.28. The number of ether oxygens (including phenoxy) is 3. The predicted octanol–water partition coefficient (Wildman–Crippen LogP) is 8.90. The molecule has 0 spiro atoms. The number of amides is 2. The smallest absolute Gasteiger partial charge is 0.306 e. The number of hydrogen-bond acceptors (Lipinski definition) is 12. The first-order chi connectivity index (χ1) is 36.0. The Labute approximate surface area is 430 Å². The summed E-state index contributed by atoms with van der Waals surface area (Å²) in [4.78, 5) is 59.8. The Bertz CT molecular complexity index is 2660. The van der Waals surface area contributed by atoms with Crippen molar-refractivity contribution in [3.63, 3.8) is 0 Å². The summed E-state index contributed by atoms with van der Waals surface area (Å²) in [6, 6.07) is 7.74. The molecule has 24 heteroatoms. The van der Waals surface area contributed by atoms with Crippen LogP contribution in [0, 0.1) is 75.9 Å². The molecule has 2 fully saturated rings. The number of carbonyl (C=O) groups is 5. The summed E-state index contributed by atoms with van der Waals surface area (Å²) in [6.07, 6.45) is 0.443. The monoisotopic (exact) mass is 1080 g/mol. The molecular weight excluding hydrogens is 1030 g/mol. The van der Waals surface area contributed by atoms with Crippen molar-refractivity contribution < 1.29 is 82.1 Å². The van der Waals surface area contributed by atoms with E-state index in [0.717, 1.165) is 0 Å². The summed E-state index contributed by atoms with van der Waals surface area (Å²) in [5, 5.41) is 7.87. The lowest BCUT2D eigenvalue weighted by Crippen LogP contribution is -2.37. The second-order valence-corrected chi connectivity index (χ2v) is 17.6. The van der Waals surface area contributed by atoms with Crippen molar-refractivity contribution in [3.05, 3.63) is 129 Å². The third-order valence-corrected chi connectivity index (χ3v) is 11.9. The molecule has 4 heterocycles. The SMILES string of the molecule is CC1CC(=O)NN=C1c1cc(F)c(N2CCOCC2)c(F)c1.CC1CC(=O)NN=C1c1cc(F)c(N2CCOCC2)c(F)c1.CCC(=O)c1cc(F)c(F)c(F)c1.CCOC(=O)CC(C)C(=O)c1cc(F)c(F)c(F)c1. The molecule has 410 valence electrons. The Balaban J connectivity index is 0.000000190. The first-order valence-electron chi connectivity index (χ1n) is 23.9. The van der Waals surface area contributed by atoms with Crippen LogP contribution in [-0.4, -0.2) is 100.0 Å². The lowest BCUT2D eigenvalue weighted by Gasteiger charge is -2.29. The van der Waals surface area contributed by atoms with E-state index in [9.17, 15) is 67.9 Å². The quantitative estimate of drug-likeness (QED) is 0.0641. The molecule has 2 N–H and O–H groups in total. The van der Waals surface area contributed by atoms with E-state index in [1.54, 1.807) is 23.6 Å². The average molecular weight is 1080 g/mol. The number of benzene rings is 4. The van der Waals surface area contributed by atoms with Crippen molar-refractivity contribution in [2.24, 2.45) is 28.0 Å². The molecule has 0 radical (unpaired) electrons. The van der Waals surface area contributed by atoms with Gasteiger partial charge >= 0.3 is 5.97 Å². The summed E-state index contributed by atoms with van der Waals surface area (Å²) in [5.41, 5.74) is 5.91. The number of Topliss-reactive ketones (excluding diaryl/α,β-unsaturated/α-hetero) is 2. The topological polar surface area (TPSA) is 168 Å². The van der Waals surface area contributed by atoms with Gasteiger partial charge in [0.05, 0.1) is 50.9 Å². The number of hydrogen-bond donors (Lipinski definition) is 2. The molecule has 4 aromatic carbocycles. The predicted molar refractivity (Wildman–Crippen MR) is 258 cm³/mol. The minimum Gasteiger partial charge on any atom is -0.466 e. The summed E-state index contributed by atoms with van der Waals surface area (Å²) < 4.78 is 149. The molecule has 0 bridgehead atoms. The van der Waals surface area contributed by atoms with Crippen LogP contribution in [0.25, 0.3) is 0 Å². The van der Waals surface area contributed by atoms with Gasteiger partial charge < -0.3 is 24.0 Å². The van der Waals surface area contributed by atoms with Crippen molar-refractivity contribution in [3.8, 4) is 0 Å². The van der Waals surface area contributed by atoms with Gasteiger partial charge in [0.25, 0.3) is 0 Å². The highest BCUT2D eigenvalue weighted by atomic mass is 19.2. The van der Waals surface area contributed by atoms with Crippen molar-refractivity contribution >= 4 is 52.1 Å². The first kappa shape index (κ1) is 59.7. The second-order valence-electron chi connectivity index (χ2n) is 17.6. The molecule has 3 atom stereocenters. The fourth-order valence-electron chi connectivity index (χ4n) is 8.07. The summed E-state index contributed by atoms with van der Waals surface area (Å²) in [6.45, 7) is 12.1. The number of rotatable bonds is 11. The molecule has 0 aliphatic carbocycles. The normalized spacial score (nSPS) is 17.7. The fourth-order valence-corrected chi connectivity index (χ4v) is 8.07. The zero-order valence-electron chi connectivity index (χ0n) is 41.9. The molecule has 2 saturated heterocycles. The Morgan fingerprint density at radius 2 is 0.947 bits per heavy atom. The second kappa shape index (κ2) is 27.5. The Kier molecular flexibility index (Phi) is 21.6. The summed E-state index contributed by atoms with van der Waals surface area (Å²) in [5.74, 6) is -14.4. The van der Waals surface area contributed by atoms with Crippen LogP contribution in [0.1, 0.15) is 92.1 Å². The van der Waals surface area contributed by atoms with Gasteiger partial charge in [-0.05, 0) is 55.5 Å². The van der Waals surface area contributed by atoms with Gasteiger partial charge in [-0.3, -0.25) is 24.0 Å². The molecule has 14 nitrogen and oxygen atoms in total. The number of morpholine rings is 2. The van der Waals surface area contributed by atoms with Gasteiger partial charge in [0.1, 0.15) is 34.6 Å². The number of halogens is 10. The van der Waals surface area contributed by atoms with Gasteiger partial charge in [-0.1, -0.05) is 27.7 Å². The lowest BCUT2D eigenvalue weighted by molar-refractivity contribution is -0.143. The largest absolute Gasteiger partial charge is 0.466 e. The molecular formula is C52H54F10N6O8. The number of hydrazone groups is 2. The van der Waals surface area contributed by atoms with E-state index < -0.39 is 81.6 Å². The molecule has 8 rings (SSSR count). The molecule has 3 unspecified atom stereocenters.